The number of rotatable bonds is 8. The average molecular weight is 296 g/mol. The van der Waals surface area contributed by atoms with Crippen molar-refractivity contribution in [3.63, 3.8) is 0 Å². The highest BCUT2D eigenvalue weighted by molar-refractivity contribution is 5.87. The Morgan fingerprint density at radius 1 is 1.24 bits per heavy atom. The number of carbonyl (C=O) groups excluding carboxylic acids is 1. The number of urea groups is 1. The summed E-state index contributed by atoms with van der Waals surface area (Å²) in [5.74, 6) is -0.984. The number of aliphatic hydroxyl groups excluding tert-OH is 1. The second kappa shape index (κ2) is 8.93. The molecule has 0 radical (unpaired) electrons. The van der Waals surface area contributed by atoms with Gasteiger partial charge in [0.05, 0.1) is 18.3 Å². The maximum absolute atomic E-state index is 11.5. The molecule has 1 atom stereocenters. The first-order valence-corrected chi connectivity index (χ1v) is 6.54. The Morgan fingerprint density at radius 3 is 2.48 bits per heavy atom. The monoisotopic (exact) mass is 296 g/mol. The number of amides is 2. The van der Waals surface area contributed by atoms with E-state index in [4.69, 9.17) is 9.84 Å². The third-order valence-corrected chi connectivity index (χ3v) is 2.78. The fourth-order valence-electron chi connectivity index (χ4n) is 1.64. The van der Waals surface area contributed by atoms with Crippen molar-refractivity contribution in [3.8, 4) is 0 Å². The molecule has 7 heteroatoms. The number of methoxy groups -OCH3 is 1. The highest BCUT2D eigenvalue weighted by atomic mass is 16.5. The highest BCUT2D eigenvalue weighted by Gasteiger charge is 2.05. The standard InChI is InChI=1S/C14H20N2O5/c1-21-9-12(17)6-7-15-14(20)16-8-10-2-4-11(5-3-10)13(18)19/h2-5,12,17H,6-9H2,1H3,(H,18,19)(H2,15,16,20). The van der Waals surface area contributed by atoms with Gasteiger partial charge in [-0.2, -0.15) is 0 Å². The molecule has 0 aliphatic rings. The van der Waals surface area contributed by atoms with E-state index in [2.05, 4.69) is 10.6 Å². The Morgan fingerprint density at radius 2 is 1.90 bits per heavy atom. The third-order valence-electron chi connectivity index (χ3n) is 2.78. The molecule has 0 bridgehead atoms. The van der Waals surface area contributed by atoms with Crippen LogP contribution in [0, 0.1) is 0 Å². The minimum Gasteiger partial charge on any atom is -0.478 e. The normalized spacial score (nSPS) is 11.7. The zero-order valence-electron chi connectivity index (χ0n) is 11.8. The summed E-state index contributed by atoms with van der Waals surface area (Å²) in [4.78, 5) is 22.2. The van der Waals surface area contributed by atoms with Crippen molar-refractivity contribution in [3.05, 3.63) is 35.4 Å². The van der Waals surface area contributed by atoms with Crippen molar-refractivity contribution in [2.75, 3.05) is 20.3 Å². The molecule has 0 aromatic heterocycles. The van der Waals surface area contributed by atoms with E-state index in [0.29, 0.717) is 19.5 Å². The van der Waals surface area contributed by atoms with Crippen molar-refractivity contribution >= 4 is 12.0 Å². The first-order chi connectivity index (χ1) is 10.0. The van der Waals surface area contributed by atoms with E-state index in [-0.39, 0.29) is 18.2 Å². The SMILES string of the molecule is COCC(O)CCNC(=O)NCc1ccc(C(=O)O)cc1. The van der Waals surface area contributed by atoms with Gasteiger partial charge in [-0.3, -0.25) is 0 Å². The summed E-state index contributed by atoms with van der Waals surface area (Å²) >= 11 is 0. The Hall–Kier alpha value is -2.12. The van der Waals surface area contributed by atoms with Gasteiger partial charge in [-0.05, 0) is 24.1 Å². The van der Waals surface area contributed by atoms with E-state index >= 15 is 0 Å². The summed E-state index contributed by atoms with van der Waals surface area (Å²) in [6.07, 6.45) is -0.187. The van der Waals surface area contributed by atoms with Crippen LogP contribution in [0.5, 0.6) is 0 Å². The number of hydrogen-bond acceptors (Lipinski definition) is 4. The minimum atomic E-state index is -0.984. The maximum Gasteiger partial charge on any atom is 0.335 e. The molecule has 0 saturated heterocycles. The van der Waals surface area contributed by atoms with Gasteiger partial charge in [0.2, 0.25) is 0 Å². The molecular weight excluding hydrogens is 276 g/mol. The molecule has 1 unspecified atom stereocenters. The smallest absolute Gasteiger partial charge is 0.335 e. The van der Waals surface area contributed by atoms with Gasteiger partial charge in [-0.25, -0.2) is 9.59 Å². The topological polar surface area (TPSA) is 108 Å². The summed E-state index contributed by atoms with van der Waals surface area (Å²) in [5, 5.41) is 23.4. The molecular formula is C14H20N2O5. The second-order valence-corrected chi connectivity index (χ2v) is 4.51. The van der Waals surface area contributed by atoms with Gasteiger partial charge in [0.1, 0.15) is 0 Å². The van der Waals surface area contributed by atoms with Crippen molar-refractivity contribution < 1.29 is 24.5 Å². The van der Waals surface area contributed by atoms with Gasteiger partial charge in [0.25, 0.3) is 0 Å². The van der Waals surface area contributed by atoms with Gasteiger partial charge in [0.15, 0.2) is 0 Å². The quantitative estimate of drug-likeness (QED) is 0.561. The first-order valence-electron chi connectivity index (χ1n) is 6.54. The summed E-state index contributed by atoms with van der Waals surface area (Å²) in [7, 11) is 1.50. The van der Waals surface area contributed by atoms with Crippen LogP contribution in [0.3, 0.4) is 0 Å². The summed E-state index contributed by atoms with van der Waals surface area (Å²) in [6.45, 7) is 0.875. The Kier molecular flexibility index (Phi) is 7.20. The number of aliphatic hydroxyl groups is 1. The van der Waals surface area contributed by atoms with Crippen LogP contribution in [0.25, 0.3) is 0 Å². The zero-order chi connectivity index (χ0) is 15.7. The maximum atomic E-state index is 11.5. The van der Waals surface area contributed by atoms with Crippen LogP contribution in [0.4, 0.5) is 4.79 Å². The van der Waals surface area contributed by atoms with E-state index in [9.17, 15) is 14.7 Å². The Labute approximate surface area is 122 Å². The number of carbonyl (C=O) groups is 2. The van der Waals surface area contributed by atoms with E-state index < -0.39 is 12.1 Å². The Bertz CT molecular complexity index is 461. The number of ether oxygens (including phenoxy) is 1. The lowest BCUT2D eigenvalue weighted by molar-refractivity contribution is 0.0598. The zero-order valence-corrected chi connectivity index (χ0v) is 11.8. The number of nitrogens with one attached hydrogen (secondary N) is 2. The second-order valence-electron chi connectivity index (χ2n) is 4.51. The van der Waals surface area contributed by atoms with E-state index in [1.165, 1.54) is 19.2 Å². The highest BCUT2D eigenvalue weighted by Crippen LogP contribution is 2.04. The molecule has 4 N–H and O–H groups in total. The summed E-state index contributed by atoms with van der Waals surface area (Å²) < 4.78 is 4.77. The third kappa shape index (κ3) is 6.73. The molecule has 0 fully saturated rings. The Balaban J connectivity index is 2.25. The predicted molar refractivity (Wildman–Crippen MR) is 76.1 cm³/mol. The molecule has 7 nitrogen and oxygen atoms in total. The van der Waals surface area contributed by atoms with Crippen LogP contribution < -0.4 is 10.6 Å². The molecule has 0 aliphatic heterocycles. The van der Waals surface area contributed by atoms with Gasteiger partial charge in [0, 0.05) is 20.2 Å². The lowest BCUT2D eigenvalue weighted by Crippen LogP contribution is -2.36. The van der Waals surface area contributed by atoms with E-state index in [1.807, 2.05) is 0 Å². The fourth-order valence-corrected chi connectivity index (χ4v) is 1.64. The van der Waals surface area contributed by atoms with E-state index in [1.54, 1.807) is 12.1 Å². The van der Waals surface area contributed by atoms with Gasteiger partial charge < -0.3 is 25.6 Å². The predicted octanol–water partition coefficient (Wildman–Crippen LogP) is 0.581. The van der Waals surface area contributed by atoms with Gasteiger partial charge in [-0.1, -0.05) is 12.1 Å². The van der Waals surface area contributed by atoms with Crippen LogP contribution in [-0.4, -0.2) is 48.6 Å². The van der Waals surface area contributed by atoms with Crippen LogP contribution in [0.15, 0.2) is 24.3 Å². The molecule has 1 aromatic carbocycles. The minimum absolute atomic E-state index is 0.204. The van der Waals surface area contributed by atoms with Crippen LogP contribution in [0.2, 0.25) is 0 Å². The number of benzene rings is 1. The van der Waals surface area contributed by atoms with E-state index in [0.717, 1.165) is 5.56 Å². The lowest BCUT2D eigenvalue weighted by atomic mass is 10.1. The summed E-state index contributed by atoms with van der Waals surface area (Å²) in [6, 6.07) is 5.91. The van der Waals surface area contributed by atoms with Crippen molar-refractivity contribution in [2.45, 2.75) is 19.1 Å². The molecule has 0 heterocycles. The molecule has 2 amide bonds. The van der Waals surface area contributed by atoms with Crippen LogP contribution in [-0.2, 0) is 11.3 Å². The lowest BCUT2D eigenvalue weighted by Gasteiger charge is -2.11. The van der Waals surface area contributed by atoms with Crippen LogP contribution in [0.1, 0.15) is 22.3 Å². The van der Waals surface area contributed by atoms with Crippen LogP contribution >= 0.6 is 0 Å². The number of hydrogen-bond donors (Lipinski definition) is 4. The molecule has 1 rings (SSSR count). The number of aromatic carboxylic acids is 1. The molecule has 0 spiro atoms. The average Bonchev–Trinajstić information content (AvgIpc) is 2.46. The molecule has 0 aliphatic carbocycles. The number of carboxylic acid groups (broad SMARTS) is 1. The van der Waals surface area contributed by atoms with Gasteiger partial charge in [-0.15, -0.1) is 0 Å². The summed E-state index contributed by atoms with van der Waals surface area (Å²) in [5.41, 5.74) is 1.00. The first kappa shape index (κ1) is 16.9. The molecule has 116 valence electrons. The number of carboxylic acids is 1. The van der Waals surface area contributed by atoms with Crippen molar-refractivity contribution in [1.29, 1.82) is 0 Å². The molecule has 21 heavy (non-hydrogen) atoms. The van der Waals surface area contributed by atoms with Crippen molar-refractivity contribution in [2.24, 2.45) is 0 Å². The largest absolute Gasteiger partial charge is 0.478 e. The van der Waals surface area contributed by atoms with Crippen molar-refractivity contribution in [1.82, 2.24) is 10.6 Å². The molecule has 0 saturated carbocycles. The van der Waals surface area contributed by atoms with Gasteiger partial charge >= 0.3 is 12.0 Å². The fraction of sp³-hybridized carbons (Fsp3) is 0.429. The molecule has 1 aromatic rings.